The van der Waals surface area contributed by atoms with Crippen LogP contribution in [0, 0.1) is 0 Å². The summed E-state index contributed by atoms with van der Waals surface area (Å²) in [7, 11) is 1.62. The van der Waals surface area contributed by atoms with Gasteiger partial charge in [-0.2, -0.15) is 0 Å². The van der Waals surface area contributed by atoms with Crippen LogP contribution >= 0.6 is 0 Å². The Morgan fingerprint density at radius 3 is 2.70 bits per heavy atom. The first-order valence-corrected chi connectivity index (χ1v) is 6.63. The second kappa shape index (κ2) is 7.87. The zero-order chi connectivity index (χ0) is 15.0. The molecule has 0 radical (unpaired) electrons. The fourth-order valence-electron chi connectivity index (χ4n) is 1.51. The summed E-state index contributed by atoms with van der Waals surface area (Å²) in [5.41, 5.74) is 0.877. The van der Waals surface area contributed by atoms with E-state index in [0.29, 0.717) is 13.2 Å². The number of oxime groups is 1. The van der Waals surface area contributed by atoms with E-state index in [1.54, 1.807) is 7.11 Å². The van der Waals surface area contributed by atoms with Gasteiger partial charge in [0.25, 0.3) is 0 Å². The van der Waals surface area contributed by atoms with Crippen molar-refractivity contribution in [1.29, 1.82) is 0 Å². The maximum Gasteiger partial charge on any atom is 0.145 e. The van der Waals surface area contributed by atoms with Crippen LogP contribution < -0.4 is 10.1 Å². The Labute approximate surface area is 120 Å². The molecule has 5 heteroatoms. The van der Waals surface area contributed by atoms with E-state index in [1.165, 1.54) is 6.21 Å². The van der Waals surface area contributed by atoms with Crippen molar-refractivity contribution in [3.05, 3.63) is 29.8 Å². The van der Waals surface area contributed by atoms with Crippen molar-refractivity contribution >= 4 is 6.21 Å². The van der Waals surface area contributed by atoms with Crippen LogP contribution in [0.3, 0.4) is 0 Å². The van der Waals surface area contributed by atoms with E-state index < -0.39 is 6.10 Å². The van der Waals surface area contributed by atoms with Crippen molar-refractivity contribution in [2.45, 2.75) is 39.0 Å². The number of para-hydroxylation sites is 1. The van der Waals surface area contributed by atoms with Crippen LogP contribution in [0.5, 0.6) is 5.75 Å². The third-order valence-corrected chi connectivity index (χ3v) is 2.56. The third-order valence-electron chi connectivity index (χ3n) is 2.56. The number of β-amino-alcohol motifs (C(OH)–C–C–N with tert-alkyl or cyclic N) is 1. The highest BCUT2D eigenvalue weighted by molar-refractivity contribution is 5.62. The summed E-state index contributed by atoms with van der Waals surface area (Å²) in [5, 5.41) is 16.6. The molecule has 0 fully saturated rings. The van der Waals surface area contributed by atoms with Crippen molar-refractivity contribution < 1.29 is 14.7 Å². The molecular weight excluding hydrogens is 256 g/mol. The molecule has 1 aromatic rings. The van der Waals surface area contributed by atoms with Gasteiger partial charge in [0.15, 0.2) is 0 Å². The summed E-state index contributed by atoms with van der Waals surface area (Å²) in [6.07, 6.45) is 0.709. The van der Waals surface area contributed by atoms with Crippen molar-refractivity contribution in [2.75, 3.05) is 13.7 Å². The molecule has 5 nitrogen and oxygen atoms in total. The third kappa shape index (κ3) is 6.54. The van der Waals surface area contributed by atoms with Gasteiger partial charge in [0.2, 0.25) is 0 Å². The number of aliphatic hydroxyl groups is 1. The lowest BCUT2D eigenvalue weighted by atomic mass is 10.1. The SMILES string of the molecule is COc1ccccc1CO/N=C\C(O)CNC(C)(C)C. The Morgan fingerprint density at radius 1 is 1.35 bits per heavy atom. The molecule has 0 aromatic heterocycles. The molecule has 112 valence electrons. The second-order valence-corrected chi connectivity index (χ2v) is 5.54. The second-order valence-electron chi connectivity index (χ2n) is 5.54. The number of rotatable bonds is 7. The van der Waals surface area contributed by atoms with Gasteiger partial charge in [0, 0.05) is 17.6 Å². The Balaban J connectivity index is 2.34. The van der Waals surface area contributed by atoms with Gasteiger partial charge in [-0.3, -0.25) is 0 Å². The standard InChI is InChI=1S/C15H24N2O3/c1-15(2,3)16-9-13(18)10-17-20-11-12-7-5-6-8-14(12)19-4/h5-8,10,13,16,18H,9,11H2,1-4H3/b17-10-. The lowest BCUT2D eigenvalue weighted by Crippen LogP contribution is -2.41. The van der Waals surface area contributed by atoms with E-state index in [-0.39, 0.29) is 5.54 Å². The van der Waals surface area contributed by atoms with Crippen molar-refractivity contribution in [3.8, 4) is 5.75 Å². The molecule has 0 amide bonds. The average molecular weight is 280 g/mol. The Kier molecular flexibility index (Phi) is 6.48. The molecule has 0 aliphatic heterocycles. The molecule has 0 aliphatic carbocycles. The van der Waals surface area contributed by atoms with Crippen LogP contribution in [-0.2, 0) is 11.4 Å². The molecule has 0 aliphatic rings. The summed E-state index contributed by atoms with van der Waals surface area (Å²) in [6, 6.07) is 7.58. The van der Waals surface area contributed by atoms with Gasteiger partial charge in [-0.25, -0.2) is 0 Å². The first kappa shape index (κ1) is 16.5. The quantitative estimate of drug-likeness (QED) is 0.592. The lowest BCUT2D eigenvalue weighted by Gasteiger charge is -2.21. The maximum atomic E-state index is 9.69. The van der Waals surface area contributed by atoms with E-state index >= 15 is 0 Å². The molecule has 1 atom stereocenters. The Hall–Kier alpha value is -1.59. The van der Waals surface area contributed by atoms with Crippen molar-refractivity contribution in [1.82, 2.24) is 5.32 Å². The van der Waals surface area contributed by atoms with E-state index in [9.17, 15) is 5.11 Å². The fourth-order valence-corrected chi connectivity index (χ4v) is 1.51. The molecule has 1 rings (SSSR count). The zero-order valence-electron chi connectivity index (χ0n) is 12.6. The molecular formula is C15H24N2O3. The minimum absolute atomic E-state index is 0.0346. The van der Waals surface area contributed by atoms with Gasteiger partial charge >= 0.3 is 0 Å². The molecule has 1 aromatic carbocycles. The molecule has 2 N–H and O–H groups in total. The number of methoxy groups -OCH3 is 1. The summed E-state index contributed by atoms with van der Waals surface area (Å²) in [4.78, 5) is 5.17. The monoisotopic (exact) mass is 280 g/mol. The van der Waals surface area contributed by atoms with Crippen LogP contribution in [0.25, 0.3) is 0 Å². The number of benzene rings is 1. The van der Waals surface area contributed by atoms with Crippen molar-refractivity contribution in [3.63, 3.8) is 0 Å². The Bertz CT molecular complexity index is 427. The summed E-state index contributed by atoms with van der Waals surface area (Å²) >= 11 is 0. The van der Waals surface area contributed by atoms with Crippen LogP contribution in [0.4, 0.5) is 0 Å². The highest BCUT2D eigenvalue weighted by Crippen LogP contribution is 2.17. The van der Waals surface area contributed by atoms with Crippen LogP contribution in [0.2, 0.25) is 0 Å². The highest BCUT2D eigenvalue weighted by atomic mass is 16.6. The maximum absolute atomic E-state index is 9.69. The lowest BCUT2D eigenvalue weighted by molar-refractivity contribution is 0.124. The van der Waals surface area contributed by atoms with Crippen LogP contribution in [-0.4, -0.2) is 36.6 Å². The number of nitrogens with zero attached hydrogens (tertiary/aromatic N) is 1. The normalized spacial score (nSPS) is 13.4. The fraction of sp³-hybridized carbons (Fsp3) is 0.533. The molecule has 0 bridgehead atoms. The van der Waals surface area contributed by atoms with Gasteiger partial charge in [0.1, 0.15) is 18.5 Å². The van der Waals surface area contributed by atoms with E-state index in [0.717, 1.165) is 11.3 Å². The first-order valence-electron chi connectivity index (χ1n) is 6.63. The van der Waals surface area contributed by atoms with E-state index in [4.69, 9.17) is 9.57 Å². The van der Waals surface area contributed by atoms with E-state index in [2.05, 4.69) is 10.5 Å². The van der Waals surface area contributed by atoms with Crippen molar-refractivity contribution in [2.24, 2.45) is 5.16 Å². The summed E-state index contributed by atoms with van der Waals surface area (Å²) < 4.78 is 5.21. The van der Waals surface area contributed by atoms with Crippen LogP contribution in [0.1, 0.15) is 26.3 Å². The first-order chi connectivity index (χ1) is 9.42. The number of hydrogen-bond acceptors (Lipinski definition) is 5. The molecule has 0 saturated carbocycles. The zero-order valence-corrected chi connectivity index (χ0v) is 12.6. The molecule has 20 heavy (non-hydrogen) atoms. The van der Waals surface area contributed by atoms with Crippen LogP contribution in [0.15, 0.2) is 29.4 Å². The molecule has 0 spiro atoms. The number of ether oxygens (including phenoxy) is 1. The predicted molar refractivity (Wildman–Crippen MR) is 80.0 cm³/mol. The topological polar surface area (TPSA) is 63.1 Å². The molecule has 1 unspecified atom stereocenters. The minimum atomic E-state index is -0.674. The number of nitrogens with one attached hydrogen (secondary N) is 1. The molecule has 0 saturated heterocycles. The number of hydrogen-bond donors (Lipinski definition) is 2. The minimum Gasteiger partial charge on any atom is -0.496 e. The number of aliphatic hydroxyl groups excluding tert-OH is 1. The highest BCUT2D eigenvalue weighted by Gasteiger charge is 2.10. The van der Waals surface area contributed by atoms with Gasteiger partial charge in [-0.1, -0.05) is 23.4 Å². The molecule has 0 heterocycles. The predicted octanol–water partition coefficient (Wildman–Crippen LogP) is 1.95. The summed E-state index contributed by atoms with van der Waals surface area (Å²) in [6.45, 7) is 6.85. The summed E-state index contributed by atoms with van der Waals surface area (Å²) in [5.74, 6) is 0.762. The average Bonchev–Trinajstić information content (AvgIpc) is 2.41. The van der Waals surface area contributed by atoms with Gasteiger partial charge < -0.3 is 20.0 Å². The smallest absolute Gasteiger partial charge is 0.145 e. The van der Waals surface area contributed by atoms with E-state index in [1.807, 2.05) is 45.0 Å². The van der Waals surface area contributed by atoms with Gasteiger partial charge in [-0.05, 0) is 26.8 Å². The van der Waals surface area contributed by atoms with Gasteiger partial charge in [-0.15, -0.1) is 0 Å². The Morgan fingerprint density at radius 2 is 2.05 bits per heavy atom. The largest absolute Gasteiger partial charge is 0.496 e. The van der Waals surface area contributed by atoms with Gasteiger partial charge in [0.05, 0.1) is 13.3 Å².